The van der Waals surface area contributed by atoms with Gasteiger partial charge in [-0.05, 0) is 36.4 Å². The number of amides is 1. The molecular formula is C18H11Cl2N5O. The molecule has 2 aromatic carbocycles. The summed E-state index contributed by atoms with van der Waals surface area (Å²) in [6.07, 6.45) is 2.78. The summed E-state index contributed by atoms with van der Waals surface area (Å²) in [6, 6.07) is 13.9. The maximum absolute atomic E-state index is 12.3. The van der Waals surface area contributed by atoms with Crippen molar-refractivity contribution in [2.45, 2.75) is 0 Å². The quantitative estimate of drug-likeness (QED) is 0.683. The Labute approximate surface area is 159 Å². The van der Waals surface area contributed by atoms with Crippen molar-refractivity contribution in [2.75, 3.05) is 10.6 Å². The molecule has 0 spiro atoms. The molecule has 0 aliphatic heterocycles. The Morgan fingerprint density at radius 1 is 1.04 bits per heavy atom. The molecule has 0 saturated heterocycles. The molecular weight excluding hydrogens is 373 g/mol. The van der Waals surface area contributed by atoms with Crippen LogP contribution in [-0.2, 0) is 0 Å². The third-order valence-corrected chi connectivity index (χ3v) is 4.19. The van der Waals surface area contributed by atoms with Crippen molar-refractivity contribution in [2.24, 2.45) is 0 Å². The summed E-state index contributed by atoms with van der Waals surface area (Å²) in [5.41, 5.74) is 1.84. The molecule has 1 amide bonds. The lowest BCUT2D eigenvalue weighted by Gasteiger charge is -2.08. The molecule has 0 fully saturated rings. The number of nitrogens with one attached hydrogen (secondary N) is 2. The van der Waals surface area contributed by atoms with Gasteiger partial charge in [-0.1, -0.05) is 29.3 Å². The van der Waals surface area contributed by atoms with Gasteiger partial charge in [-0.2, -0.15) is 5.26 Å². The van der Waals surface area contributed by atoms with E-state index in [0.717, 1.165) is 5.69 Å². The molecule has 3 rings (SSSR count). The number of rotatable bonds is 4. The van der Waals surface area contributed by atoms with E-state index in [1.807, 2.05) is 6.07 Å². The van der Waals surface area contributed by atoms with Crippen LogP contribution in [0.5, 0.6) is 0 Å². The topological polar surface area (TPSA) is 90.7 Å². The summed E-state index contributed by atoms with van der Waals surface area (Å²) in [6.45, 7) is 0. The van der Waals surface area contributed by atoms with Crippen molar-refractivity contribution in [1.82, 2.24) is 9.97 Å². The highest BCUT2D eigenvalue weighted by molar-refractivity contribution is 6.44. The second kappa shape index (κ2) is 7.83. The van der Waals surface area contributed by atoms with E-state index < -0.39 is 5.91 Å². The van der Waals surface area contributed by atoms with Crippen molar-refractivity contribution in [3.63, 3.8) is 0 Å². The fourth-order valence-corrected chi connectivity index (χ4v) is 2.42. The number of hydrogen-bond acceptors (Lipinski definition) is 5. The molecule has 26 heavy (non-hydrogen) atoms. The number of aromatic nitrogens is 2. The van der Waals surface area contributed by atoms with E-state index in [1.54, 1.807) is 42.5 Å². The lowest BCUT2D eigenvalue weighted by molar-refractivity contribution is 0.102. The van der Waals surface area contributed by atoms with Crippen LogP contribution in [0.25, 0.3) is 0 Å². The number of carbonyl (C=O) groups excluding carboxylic acids is 1. The molecule has 2 N–H and O–H groups in total. The summed E-state index contributed by atoms with van der Waals surface area (Å²) in [5, 5.41) is 15.1. The van der Waals surface area contributed by atoms with E-state index in [2.05, 4.69) is 20.6 Å². The molecule has 0 aliphatic rings. The Morgan fingerprint density at radius 3 is 2.46 bits per heavy atom. The van der Waals surface area contributed by atoms with Crippen LogP contribution in [0.15, 0.2) is 54.9 Å². The van der Waals surface area contributed by atoms with Crippen LogP contribution in [0.3, 0.4) is 0 Å². The molecule has 8 heteroatoms. The number of nitriles is 1. The fourth-order valence-electron chi connectivity index (χ4n) is 2.07. The largest absolute Gasteiger partial charge is 0.339 e. The zero-order valence-electron chi connectivity index (χ0n) is 13.2. The van der Waals surface area contributed by atoms with Gasteiger partial charge in [0.1, 0.15) is 11.5 Å². The van der Waals surface area contributed by atoms with E-state index in [1.165, 1.54) is 12.4 Å². The predicted molar refractivity (Wildman–Crippen MR) is 101 cm³/mol. The second-order valence-electron chi connectivity index (χ2n) is 5.16. The van der Waals surface area contributed by atoms with Crippen molar-refractivity contribution in [3.8, 4) is 6.07 Å². The molecule has 6 nitrogen and oxygen atoms in total. The van der Waals surface area contributed by atoms with Gasteiger partial charge in [-0.15, -0.1) is 0 Å². The molecule has 0 bridgehead atoms. The zero-order chi connectivity index (χ0) is 18.5. The molecule has 1 heterocycles. The Kier molecular flexibility index (Phi) is 5.32. The van der Waals surface area contributed by atoms with Crippen LogP contribution < -0.4 is 10.6 Å². The van der Waals surface area contributed by atoms with Crippen LogP contribution in [0.1, 0.15) is 16.1 Å². The van der Waals surface area contributed by atoms with Gasteiger partial charge in [0.2, 0.25) is 0 Å². The molecule has 0 unspecified atom stereocenters. The number of hydrogen-bond donors (Lipinski definition) is 2. The highest BCUT2D eigenvalue weighted by atomic mass is 35.5. The number of nitrogens with zero attached hydrogens (tertiary/aromatic N) is 3. The fraction of sp³-hybridized carbons (Fsp3) is 0. The maximum Gasteiger partial charge on any atom is 0.275 e. The predicted octanol–water partition coefficient (Wildman–Crippen LogP) is 4.65. The number of anilines is 3. The standard InChI is InChI=1S/C18H11Cl2N5O/c19-13-2-1-3-14(17(13)20)25-18(26)15-9-23-16(10-22-15)24-12-6-4-11(8-21)5-7-12/h1-7,9-10H,(H,23,24)(H,25,26). The van der Waals surface area contributed by atoms with Gasteiger partial charge in [0, 0.05) is 5.69 Å². The molecule has 0 aliphatic carbocycles. The average molecular weight is 384 g/mol. The summed E-state index contributed by atoms with van der Waals surface area (Å²) in [4.78, 5) is 20.5. The number of benzene rings is 2. The van der Waals surface area contributed by atoms with Crippen LogP contribution in [-0.4, -0.2) is 15.9 Å². The van der Waals surface area contributed by atoms with Gasteiger partial charge in [-0.25, -0.2) is 9.97 Å². The van der Waals surface area contributed by atoms with Gasteiger partial charge < -0.3 is 10.6 Å². The third kappa shape index (κ3) is 4.09. The highest BCUT2D eigenvalue weighted by Gasteiger charge is 2.12. The lowest BCUT2D eigenvalue weighted by Crippen LogP contribution is -2.14. The van der Waals surface area contributed by atoms with Crippen molar-refractivity contribution in [1.29, 1.82) is 5.26 Å². The van der Waals surface area contributed by atoms with Crippen molar-refractivity contribution < 1.29 is 4.79 Å². The van der Waals surface area contributed by atoms with E-state index in [-0.39, 0.29) is 10.7 Å². The Morgan fingerprint density at radius 2 is 1.81 bits per heavy atom. The summed E-state index contributed by atoms with van der Waals surface area (Å²) in [5.74, 6) is 0.0126. The van der Waals surface area contributed by atoms with Crippen LogP contribution >= 0.6 is 23.2 Å². The minimum absolute atomic E-state index is 0.131. The Balaban J connectivity index is 1.69. The van der Waals surface area contributed by atoms with Gasteiger partial charge in [0.05, 0.1) is 39.8 Å². The number of carbonyl (C=O) groups is 1. The van der Waals surface area contributed by atoms with Gasteiger partial charge in [0.15, 0.2) is 0 Å². The summed E-state index contributed by atoms with van der Waals surface area (Å²) in [7, 11) is 0. The SMILES string of the molecule is N#Cc1ccc(Nc2cnc(C(=O)Nc3cccc(Cl)c3Cl)cn2)cc1. The molecule has 0 radical (unpaired) electrons. The van der Waals surface area contributed by atoms with E-state index in [9.17, 15) is 4.79 Å². The second-order valence-corrected chi connectivity index (χ2v) is 5.94. The molecule has 128 valence electrons. The highest BCUT2D eigenvalue weighted by Crippen LogP contribution is 2.29. The maximum atomic E-state index is 12.3. The smallest absolute Gasteiger partial charge is 0.275 e. The van der Waals surface area contributed by atoms with Gasteiger partial charge >= 0.3 is 0 Å². The molecule has 0 atom stereocenters. The van der Waals surface area contributed by atoms with E-state index >= 15 is 0 Å². The van der Waals surface area contributed by atoms with E-state index in [4.69, 9.17) is 28.5 Å². The van der Waals surface area contributed by atoms with E-state index in [0.29, 0.717) is 22.1 Å². The first-order valence-electron chi connectivity index (χ1n) is 7.41. The first-order chi connectivity index (χ1) is 12.6. The minimum atomic E-state index is -0.452. The third-order valence-electron chi connectivity index (χ3n) is 3.37. The number of halogens is 2. The zero-order valence-corrected chi connectivity index (χ0v) is 14.7. The molecule has 0 saturated carbocycles. The summed E-state index contributed by atoms with van der Waals surface area (Å²) >= 11 is 12.0. The monoisotopic (exact) mass is 383 g/mol. The van der Waals surface area contributed by atoms with Crippen molar-refractivity contribution >= 4 is 46.3 Å². The van der Waals surface area contributed by atoms with Crippen molar-refractivity contribution in [3.05, 3.63) is 76.2 Å². The minimum Gasteiger partial charge on any atom is -0.339 e. The van der Waals surface area contributed by atoms with Crippen LogP contribution in [0.4, 0.5) is 17.2 Å². The van der Waals surface area contributed by atoms with Crippen LogP contribution in [0, 0.1) is 11.3 Å². The first-order valence-corrected chi connectivity index (χ1v) is 8.17. The summed E-state index contributed by atoms with van der Waals surface area (Å²) < 4.78 is 0. The Hall–Kier alpha value is -3.14. The lowest BCUT2D eigenvalue weighted by atomic mass is 10.2. The van der Waals surface area contributed by atoms with Gasteiger partial charge in [-0.3, -0.25) is 4.79 Å². The average Bonchev–Trinajstić information content (AvgIpc) is 2.66. The van der Waals surface area contributed by atoms with Crippen LogP contribution in [0.2, 0.25) is 10.0 Å². The first kappa shape index (κ1) is 17.7. The molecule has 3 aromatic rings. The Bertz CT molecular complexity index is 982. The van der Waals surface area contributed by atoms with Gasteiger partial charge in [0.25, 0.3) is 5.91 Å². The molecule has 1 aromatic heterocycles. The normalized spacial score (nSPS) is 10.0.